The summed E-state index contributed by atoms with van der Waals surface area (Å²) in [4.78, 5) is 6.73. The molecule has 27 heavy (non-hydrogen) atoms. The summed E-state index contributed by atoms with van der Waals surface area (Å²) in [6.45, 7) is 2.81. The number of methoxy groups -OCH3 is 2. The molecule has 1 aliphatic rings. The van der Waals surface area contributed by atoms with E-state index in [2.05, 4.69) is 5.10 Å². The van der Waals surface area contributed by atoms with E-state index in [1.807, 2.05) is 37.1 Å². The molecule has 1 aliphatic heterocycles. The van der Waals surface area contributed by atoms with E-state index < -0.39 is 6.10 Å². The first kappa shape index (κ1) is 17.9. The Balaban J connectivity index is 1.82. The van der Waals surface area contributed by atoms with Gasteiger partial charge in [0.15, 0.2) is 5.65 Å². The minimum atomic E-state index is -0.733. The summed E-state index contributed by atoms with van der Waals surface area (Å²) in [5, 5.41) is 16.7. The smallest absolute Gasteiger partial charge is 0.161 e. The number of anilines is 1. The summed E-state index contributed by atoms with van der Waals surface area (Å²) in [5.41, 5.74) is 3.20. The SMILES string of the molecule is COc1ccc(OC)c2c1CN(c1cc(Cl)c3c(C)nn(C)c3n1)CC2O. The van der Waals surface area contributed by atoms with Crippen LogP contribution in [0.2, 0.25) is 5.02 Å². The highest BCUT2D eigenvalue weighted by atomic mass is 35.5. The van der Waals surface area contributed by atoms with Gasteiger partial charge in [-0.25, -0.2) is 4.98 Å². The minimum absolute atomic E-state index is 0.377. The van der Waals surface area contributed by atoms with Crippen molar-refractivity contribution >= 4 is 28.5 Å². The molecule has 0 saturated carbocycles. The van der Waals surface area contributed by atoms with Crippen LogP contribution in [0.25, 0.3) is 11.0 Å². The summed E-state index contributed by atoms with van der Waals surface area (Å²) in [6.07, 6.45) is -0.733. The molecule has 3 aromatic rings. The molecular weight excluding hydrogens is 368 g/mol. The Bertz CT molecular complexity index is 1030. The highest BCUT2D eigenvalue weighted by molar-refractivity contribution is 6.35. The average molecular weight is 389 g/mol. The zero-order valence-electron chi connectivity index (χ0n) is 15.7. The largest absolute Gasteiger partial charge is 0.496 e. The second-order valence-electron chi connectivity index (χ2n) is 6.63. The lowest BCUT2D eigenvalue weighted by molar-refractivity contribution is 0.169. The maximum absolute atomic E-state index is 10.8. The number of ether oxygens (including phenoxy) is 2. The molecule has 0 spiro atoms. The number of benzene rings is 1. The number of hydrogen-bond donors (Lipinski definition) is 1. The molecule has 0 bridgehead atoms. The van der Waals surface area contributed by atoms with Crippen LogP contribution < -0.4 is 14.4 Å². The third-order valence-corrected chi connectivity index (χ3v) is 5.32. The molecule has 0 radical (unpaired) electrons. The molecule has 1 unspecified atom stereocenters. The fourth-order valence-electron chi connectivity index (χ4n) is 3.79. The molecule has 0 amide bonds. The molecule has 1 aromatic carbocycles. The predicted molar refractivity (Wildman–Crippen MR) is 104 cm³/mol. The third kappa shape index (κ3) is 2.78. The van der Waals surface area contributed by atoms with Gasteiger partial charge >= 0.3 is 0 Å². The number of halogens is 1. The maximum Gasteiger partial charge on any atom is 0.161 e. The number of aliphatic hydroxyl groups is 1. The number of nitrogens with zero attached hydrogens (tertiary/aromatic N) is 4. The first-order valence-corrected chi connectivity index (χ1v) is 8.99. The monoisotopic (exact) mass is 388 g/mol. The Kier molecular flexibility index (Phi) is 4.36. The van der Waals surface area contributed by atoms with Crippen molar-refractivity contribution in [2.45, 2.75) is 19.6 Å². The zero-order chi connectivity index (χ0) is 19.3. The number of aryl methyl sites for hydroxylation is 2. The second kappa shape index (κ2) is 6.58. The number of rotatable bonds is 3. The Labute approximate surface area is 162 Å². The van der Waals surface area contributed by atoms with Crippen molar-refractivity contribution < 1.29 is 14.6 Å². The standard InChI is InChI=1S/C19H21ClN4O3/c1-10-17-12(20)7-16(21-19(17)23(2)22-10)24-8-11-14(26-3)5-6-15(27-4)18(11)13(25)9-24/h5-7,13,25H,8-9H2,1-4H3. The molecule has 3 heterocycles. The van der Waals surface area contributed by atoms with Gasteiger partial charge in [0.25, 0.3) is 0 Å². The van der Waals surface area contributed by atoms with E-state index >= 15 is 0 Å². The van der Waals surface area contributed by atoms with Crippen LogP contribution in [0.1, 0.15) is 22.9 Å². The van der Waals surface area contributed by atoms with Gasteiger partial charge in [-0.15, -0.1) is 0 Å². The number of fused-ring (bicyclic) bond motifs is 2. The van der Waals surface area contributed by atoms with E-state index in [9.17, 15) is 5.11 Å². The van der Waals surface area contributed by atoms with Crippen LogP contribution in [0.15, 0.2) is 18.2 Å². The van der Waals surface area contributed by atoms with Gasteiger partial charge < -0.3 is 19.5 Å². The fraction of sp³-hybridized carbons (Fsp3) is 0.368. The van der Waals surface area contributed by atoms with Crippen LogP contribution >= 0.6 is 11.6 Å². The van der Waals surface area contributed by atoms with Gasteiger partial charge in [-0.05, 0) is 19.1 Å². The molecule has 0 saturated heterocycles. The van der Waals surface area contributed by atoms with Crippen molar-refractivity contribution in [2.24, 2.45) is 7.05 Å². The highest BCUT2D eigenvalue weighted by Gasteiger charge is 2.31. The van der Waals surface area contributed by atoms with E-state index in [1.54, 1.807) is 18.9 Å². The van der Waals surface area contributed by atoms with Gasteiger partial charge in [0, 0.05) is 30.8 Å². The van der Waals surface area contributed by atoms with Crippen molar-refractivity contribution in [1.82, 2.24) is 14.8 Å². The van der Waals surface area contributed by atoms with Gasteiger partial charge in [0.2, 0.25) is 0 Å². The van der Waals surface area contributed by atoms with E-state index in [0.29, 0.717) is 41.1 Å². The first-order valence-electron chi connectivity index (χ1n) is 8.61. The lowest BCUT2D eigenvalue weighted by Gasteiger charge is -2.34. The van der Waals surface area contributed by atoms with Crippen LogP contribution in [-0.4, -0.2) is 40.6 Å². The van der Waals surface area contributed by atoms with Crippen molar-refractivity contribution in [2.75, 3.05) is 25.7 Å². The molecule has 1 atom stereocenters. The van der Waals surface area contributed by atoms with E-state index in [4.69, 9.17) is 26.1 Å². The Morgan fingerprint density at radius 2 is 1.93 bits per heavy atom. The molecule has 1 N–H and O–H groups in total. The lowest BCUT2D eigenvalue weighted by Crippen LogP contribution is -2.34. The van der Waals surface area contributed by atoms with Crippen LogP contribution in [0.5, 0.6) is 11.5 Å². The van der Waals surface area contributed by atoms with Gasteiger partial charge in [-0.3, -0.25) is 4.68 Å². The first-order chi connectivity index (χ1) is 12.9. The van der Waals surface area contributed by atoms with Crippen LogP contribution in [-0.2, 0) is 13.6 Å². The van der Waals surface area contributed by atoms with Crippen molar-refractivity contribution in [1.29, 1.82) is 0 Å². The predicted octanol–water partition coefficient (Wildman–Crippen LogP) is 3.00. The summed E-state index contributed by atoms with van der Waals surface area (Å²) in [5.74, 6) is 2.05. The van der Waals surface area contributed by atoms with Gasteiger partial charge in [-0.2, -0.15) is 5.10 Å². The third-order valence-electron chi connectivity index (χ3n) is 5.02. The topological polar surface area (TPSA) is 72.6 Å². The minimum Gasteiger partial charge on any atom is -0.496 e. The Morgan fingerprint density at radius 3 is 2.63 bits per heavy atom. The summed E-state index contributed by atoms with van der Waals surface area (Å²) in [7, 11) is 5.06. The Hall–Kier alpha value is -2.51. The summed E-state index contributed by atoms with van der Waals surface area (Å²) >= 11 is 6.52. The van der Waals surface area contributed by atoms with Crippen LogP contribution in [0, 0.1) is 6.92 Å². The van der Waals surface area contributed by atoms with E-state index in [0.717, 1.165) is 22.2 Å². The second-order valence-corrected chi connectivity index (χ2v) is 7.04. The van der Waals surface area contributed by atoms with Gasteiger partial charge in [0.05, 0.1) is 36.9 Å². The van der Waals surface area contributed by atoms with Crippen molar-refractivity contribution in [3.05, 3.63) is 40.0 Å². The number of aromatic nitrogens is 3. The van der Waals surface area contributed by atoms with Crippen LogP contribution in [0.4, 0.5) is 5.82 Å². The number of β-amino-alcohol motifs (C(OH)–C–C–N with tert-alkyl or cyclic N) is 1. The lowest BCUT2D eigenvalue weighted by atomic mass is 9.95. The van der Waals surface area contributed by atoms with Crippen molar-refractivity contribution in [3.63, 3.8) is 0 Å². The zero-order valence-corrected chi connectivity index (χ0v) is 16.4. The molecule has 2 aromatic heterocycles. The summed E-state index contributed by atoms with van der Waals surface area (Å²) < 4.78 is 12.7. The highest BCUT2D eigenvalue weighted by Crippen LogP contribution is 2.41. The number of hydrogen-bond acceptors (Lipinski definition) is 6. The summed E-state index contributed by atoms with van der Waals surface area (Å²) in [6, 6.07) is 5.49. The average Bonchev–Trinajstić information content (AvgIpc) is 2.94. The number of aliphatic hydroxyl groups excluding tert-OH is 1. The molecule has 142 valence electrons. The molecule has 4 rings (SSSR count). The van der Waals surface area contributed by atoms with Crippen molar-refractivity contribution in [3.8, 4) is 11.5 Å². The van der Waals surface area contributed by atoms with Gasteiger partial charge in [-0.1, -0.05) is 11.6 Å². The van der Waals surface area contributed by atoms with Gasteiger partial charge in [0.1, 0.15) is 23.4 Å². The molecular formula is C19H21ClN4O3. The number of pyridine rings is 1. The quantitative estimate of drug-likeness (QED) is 0.743. The molecule has 8 heteroatoms. The maximum atomic E-state index is 10.8. The van der Waals surface area contributed by atoms with E-state index in [1.165, 1.54) is 0 Å². The Morgan fingerprint density at radius 1 is 1.22 bits per heavy atom. The fourth-order valence-corrected chi connectivity index (χ4v) is 4.11. The molecule has 7 nitrogen and oxygen atoms in total. The molecule has 0 aliphatic carbocycles. The van der Waals surface area contributed by atoms with E-state index in [-0.39, 0.29) is 0 Å². The normalized spacial score (nSPS) is 16.5. The van der Waals surface area contributed by atoms with Crippen LogP contribution in [0.3, 0.4) is 0 Å². The molecule has 0 fully saturated rings.